The molecule has 1 aromatic rings. The lowest BCUT2D eigenvalue weighted by molar-refractivity contribution is -0.125. The molecule has 0 aromatic carbocycles. The Morgan fingerprint density at radius 3 is 2.48 bits per heavy atom. The van der Waals surface area contributed by atoms with E-state index in [4.69, 9.17) is 10.5 Å². The summed E-state index contributed by atoms with van der Waals surface area (Å²) in [5.74, 6) is 0.385. The van der Waals surface area contributed by atoms with Crippen LogP contribution in [0.15, 0.2) is 18.3 Å². The number of anilines is 2. The van der Waals surface area contributed by atoms with Crippen molar-refractivity contribution < 1.29 is 14.3 Å². The van der Waals surface area contributed by atoms with Gasteiger partial charge >= 0.3 is 6.03 Å². The molecule has 1 aliphatic rings. The summed E-state index contributed by atoms with van der Waals surface area (Å²) in [6.07, 6.45) is 1.92. The largest absolute Gasteiger partial charge is 0.372 e. The van der Waals surface area contributed by atoms with Gasteiger partial charge < -0.3 is 26.0 Å². The Morgan fingerprint density at radius 1 is 1.32 bits per heavy atom. The number of amides is 3. The molecule has 2 heterocycles. The lowest BCUT2D eigenvalue weighted by Crippen LogP contribution is -2.45. The number of urea groups is 1. The zero-order valence-corrected chi connectivity index (χ0v) is 15.2. The Hall–Kier alpha value is -2.35. The molecule has 1 aliphatic heterocycles. The highest BCUT2D eigenvalue weighted by Gasteiger charge is 2.25. The van der Waals surface area contributed by atoms with Crippen LogP contribution in [0.4, 0.5) is 16.3 Å². The number of hydrogen-bond donors (Lipinski definition) is 3. The normalized spacial score (nSPS) is 20.9. The number of nitrogens with one attached hydrogen (secondary N) is 2. The fraction of sp³-hybridized carbons (Fsp3) is 0.588. The van der Waals surface area contributed by atoms with E-state index in [1.54, 1.807) is 26.1 Å². The monoisotopic (exact) mass is 349 g/mol. The van der Waals surface area contributed by atoms with Crippen molar-refractivity contribution in [2.75, 3.05) is 29.9 Å². The molecule has 2 atom stereocenters. The number of carbonyl (C=O) groups is 2. The Labute approximate surface area is 148 Å². The van der Waals surface area contributed by atoms with Crippen LogP contribution in [0.1, 0.15) is 27.7 Å². The molecule has 25 heavy (non-hydrogen) atoms. The zero-order valence-electron chi connectivity index (χ0n) is 15.2. The second-order valence-electron chi connectivity index (χ2n) is 7.12. The van der Waals surface area contributed by atoms with Crippen LogP contribution in [0.5, 0.6) is 0 Å². The van der Waals surface area contributed by atoms with Crippen LogP contribution in [-0.2, 0) is 9.53 Å². The third-order valence-electron chi connectivity index (χ3n) is 4.11. The van der Waals surface area contributed by atoms with Crippen LogP contribution >= 0.6 is 0 Å². The van der Waals surface area contributed by atoms with Crippen LogP contribution in [-0.4, -0.2) is 48.8 Å². The molecule has 0 spiro atoms. The van der Waals surface area contributed by atoms with Gasteiger partial charge in [-0.1, -0.05) is 0 Å². The van der Waals surface area contributed by atoms with Crippen LogP contribution in [0.2, 0.25) is 0 Å². The first-order valence-electron chi connectivity index (χ1n) is 8.38. The smallest absolute Gasteiger partial charge is 0.319 e. The van der Waals surface area contributed by atoms with Gasteiger partial charge in [0, 0.05) is 19.6 Å². The van der Waals surface area contributed by atoms with Gasteiger partial charge in [-0.2, -0.15) is 0 Å². The molecule has 0 aliphatic carbocycles. The van der Waals surface area contributed by atoms with Crippen molar-refractivity contribution in [3.8, 4) is 0 Å². The van der Waals surface area contributed by atoms with Gasteiger partial charge in [-0.15, -0.1) is 0 Å². The van der Waals surface area contributed by atoms with E-state index < -0.39 is 17.4 Å². The second kappa shape index (κ2) is 7.69. The molecule has 2 rings (SSSR count). The van der Waals surface area contributed by atoms with Crippen LogP contribution in [0, 0.1) is 5.41 Å². The van der Waals surface area contributed by atoms with E-state index in [1.807, 2.05) is 19.9 Å². The minimum atomic E-state index is -0.802. The van der Waals surface area contributed by atoms with Crippen molar-refractivity contribution in [1.82, 2.24) is 10.3 Å². The van der Waals surface area contributed by atoms with E-state index in [2.05, 4.69) is 20.5 Å². The summed E-state index contributed by atoms with van der Waals surface area (Å²) in [7, 11) is 0. The Balaban J connectivity index is 1.89. The van der Waals surface area contributed by atoms with Gasteiger partial charge in [-0.3, -0.25) is 4.79 Å². The maximum Gasteiger partial charge on any atom is 0.319 e. The van der Waals surface area contributed by atoms with E-state index in [1.165, 1.54) is 0 Å². The molecule has 1 aromatic heterocycles. The highest BCUT2D eigenvalue weighted by atomic mass is 16.5. The summed E-state index contributed by atoms with van der Waals surface area (Å²) in [5, 5.41) is 5.33. The Morgan fingerprint density at radius 2 is 1.96 bits per heavy atom. The first-order chi connectivity index (χ1) is 11.7. The topological polar surface area (TPSA) is 110 Å². The van der Waals surface area contributed by atoms with Crippen molar-refractivity contribution in [1.29, 1.82) is 0 Å². The molecule has 1 saturated heterocycles. The molecule has 8 heteroatoms. The van der Waals surface area contributed by atoms with Gasteiger partial charge in [0.25, 0.3) is 0 Å². The van der Waals surface area contributed by atoms with E-state index in [0.717, 1.165) is 18.9 Å². The summed E-state index contributed by atoms with van der Waals surface area (Å²) in [4.78, 5) is 29.8. The number of nitrogens with zero attached hydrogens (tertiary/aromatic N) is 2. The molecule has 0 unspecified atom stereocenters. The molecule has 3 amide bonds. The summed E-state index contributed by atoms with van der Waals surface area (Å²) >= 11 is 0. The zero-order chi connectivity index (χ0) is 18.6. The first kappa shape index (κ1) is 19.0. The molecule has 4 N–H and O–H groups in total. The van der Waals surface area contributed by atoms with Gasteiger partial charge in [0.2, 0.25) is 5.91 Å². The number of morpholine rings is 1. The number of pyridine rings is 1. The lowest BCUT2D eigenvalue weighted by atomic mass is 9.93. The molecule has 0 saturated carbocycles. The average molecular weight is 349 g/mol. The highest BCUT2D eigenvalue weighted by molar-refractivity contribution is 5.90. The van der Waals surface area contributed by atoms with Gasteiger partial charge in [0.05, 0.1) is 29.5 Å². The number of aromatic nitrogens is 1. The third-order valence-corrected chi connectivity index (χ3v) is 4.11. The fourth-order valence-electron chi connectivity index (χ4n) is 2.58. The van der Waals surface area contributed by atoms with E-state index in [-0.39, 0.29) is 18.8 Å². The molecule has 8 nitrogen and oxygen atoms in total. The first-order valence-corrected chi connectivity index (χ1v) is 8.38. The summed E-state index contributed by atoms with van der Waals surface area (Å²) in [6.45, 7) is 9.16. The molecule has 0 bridgehead atoms. The number of primary amides is 1. The van der Waals surface area contributed by atoms with Gasteiger partial charge in [0.1, 0.15) is 5.82 Å². The maximum absolute atomic E-state index is 11.9. The SMILES string of the molecule is C[C@@H]1CN(c2ccc(NC(=O)NCC(C)(C)C(N)=O)cn2)C[C@@H](C)O1. The van der Waals surface area contributed by atoms with Gasteiger partial charge in [-0.25, -0.2) is 9.78 Å². The highest BCUT2D eigenvalue weighted by Crippen LogP contribution is 2.19. The summed E-state index contributed by atoms with van der Waals surface area (Å²) in [5.41, 5.74) is 5.06. The second-order valence-corrected chi connectivity index (χ2v) is 7.12. The average Bonchev–Trinajstić information content (AvgIpc) is 2.52. The Kier molecular flexibility index (Phi) is 5.84. The lowest BCUT2D eigenvalue weighted by Gasteiger charge is -2.36. The number of nitrogens with two attached hydrogens (primary N) is 1. The maximum atomic E-state index is 11.9. The van der Waals surface area contributed by atoms with Crippen molar-refractivity contribution in [3.05, 3.63) is 18.3 Å². The molecular weight excluding hydrogens is 322 g/mol. The molecule has 1 fully saturated rings. The van der Waals surface area contributed by atoms with Crippen molar-refractivity contribution >= 4 is 23.4 Å². The predicted molar refractivity (Wildman–Crippen MR) is 96.5 cm³/mol. The van der Waals surface area contributed by atoms with E-state index >= 15 is 0 Å². The van der Waals surface area contributed by atoms with Crippen LogP contribution in [0.3, 0.4) is 0 Å². The standard InChI is InChI=1S/C17H27N5O3/c1-11-8-22(9-12(2)25-11)14-6-5-13(7-19-14)21-16(24)20-10-17(3,4)15(18)23/h5-7,11-12H,8-10H2,1-4H3,(H2,18,23)(H2,20,21,24)/t11-,12-/m1/s1. The molecule has 138 valence electrons. The number of carbonyl (C=O) groups excluding carboxylic acids is 2. The third kappa shape index (κ3) is 5.32. The van der Waals surface area contributed by atoms with Crippen molar-refractivity contribution in [3.63, 3.8) is 0 Å². The minimum Gasteiger partial charge on any atom is -0.372 e. The fourth-order valence-corrected chi connectivity index (χ4v) is 2.58. The van der Waals surface area contributed by atoms with Crippen molar-refractivity contribution in [2.45, 2.75) is 39.9 Å². The van der Waals surface area contributed by atoms with Crippen LogP contribution < -0.4 is 21.3 Å². The molecule has 0 radical (unpaired) electrons. The Bertz CT molecular complexity index is 607. The number of ether oxygens (including phenoxy) is 1. The minimum absolute atomic E-state index is 0.155. The van der Waals surface area contributed by atoms with E-state index in [0.29, 0.717) is 5.69 Å². The number of rotatable bonds is 5. The quantitative estimate of drug-likeness (QED) is 0.743. The summed E-state index contributed by atoms with van der Waals surface area (Å²) < 4.78 is 5.72. The number of hydrogen-bond acceptors (Lipinski definition) is 5. The van der Waals surface area contributed by atoms with Gasteiger partial charge in [-0.05, 0) is 39.8 Å². The van der Waals surface area contributed by atoms with Crippen LogP contribution in [0.25, 0.3) is 0 Å². The van der Waals surface area contributed by atoms with Gasteiger partial charge in [0.15, 0.2) is 0 Å². The van der Waals surface area contributed by atoms with E-state index in [9.17, 15) is 9.59 Å². The predicted octanol–water partition coefficient (Wildman–Crippen LogP) is 1.33. The molecular formula is C17H27N5O3. The van der Waals surface area contributed by atoms with Crippen molar-refractivity contribution in [2.24, 2.45) is 11.1 Å². The summed E-state index contributed by atoms with van der Waals surface area (Å²) in [6, 6.07) is 3.26.